The van der Waals surface area contributed by atoms with Gasteiger partial charge < -0.3 is 19.2 Å². The van der Waals surface area contributed by atoms with E-state index in [2.05, 4.69) is 14.7 Å². The minimum absolute atomic E-state index is 0.0884. The second kappa shape index (κ2) is 7.78. The van der Waals surface area contributed by atoms with Crippen LogP contribution in [0.5, 0.6) is 11.5 Å². The largest absolute Gasteiger partial charge is 0.454 e. The summed E-state index contributed by atoms with van der Waals surface area (Å²) in [5.41, 5.74) is 2.90. The number of benzene rings is 1. The Morgan fingerprint density at radius 1 is 1.14 bits per heavy atom. The molecule has 3 heterocycles. The summed E-state index contributed by atoms with van der Waals surface area (Å²) in [5.74, 6) is 1.45. The fourth-order valence-corrected chi connectivity index (χ4v) is 4.45. The number of hydrogen-bond donors (Lipinski definition) is 1. The predicted octanol–water partition coefficient (Wildman–Crippen LogP) is 4.03. The number of imidazole rings is 1. The summed E-state index contributed by atoms with van der Waals surface area (Å²) < 4.78 is 13.1. The Kier molecular flexibility index (Phi) is 4.84. The lowest BCUT2D eigenvalue weighted by atomic mass is 9.91. The first-order chi connectivity index (χ1) is 14.3. The van der Waals surface area contributed by atoms with E-state index in [0.29, 0.717) is 12.5 Å². The molecular weight excluding hydrogens is 366 g/mol. The standard InChI is InChI=1S/C23H25N3O3/c27-23(25-17-6-2-1-3-7-17)13-18(16-9-10-20-21(12-16)29-15-28-20)19-14-24-22-8-4-5-11-26(19)22/h4-5,8-12,14,17-18H,1-3,6-7,13,15H2,(H,25,27). The third-order valence-corrected chi connectivity index (χ3v) is 5.96. The summed E-state index contributed by atoms with van der Waals surface area (Å²) in [6, 6.07) is 12.2. The quantitative estimate of drug-likeness (QED) is 0.713. The van der Waals surface area contributed by atoms with Crippen LogP contribution in [0.25, 0.3) is 5.65 Å². The molecule has 6 heteroatoms. The van der Waals surface area contributed by atoms with Gasteiger partial charge in [0.15, 0.2) is 11.5 Å². The van der Waals surface area contributed by atoms with E-state index in [1.165, 1.54) is 19.3 Å². The second-order valence-corrected chi connectivity index (χ2v) is 7.88. The number of pyridine rings is 1. The zero-order valence-electron chi connectivity index (χ0n) is 16.3. The van der Waals surface area contributed by atoms with Crippen LogP contribution in [0.3, 0.4) is 0 Å². The molecule has 2 aliphatic rings. The van der Waals surface area contributed by atoms with Gasteiger partial charge in [-0.2, -0.15) is 0 Å². The molecule has 3 aromatic rings. The number of carbonyl (C=O) groups excluding carboxylic acids is 1. The van der Waals surface area contributed by atoms with Crippen LogP contribution in [0.1, 0.15) is 55.7 Å². The smallest absolute Gasteiger partial charge is 0.231 e. The third-order valence-electron chi connectivity index (χ3n) is 5.96. The van der Waals surface area contributed by atoms with Gasteiger partial charge in [0.25, 0.3) is 0 Å². The van der Waals surface area contributed by atoms with Gasteiger partial charge in [0.1, 0.15) is 5.65 Å². The third kappa shape index (κ3) is 3.67. The molecular formula is C23H25N3O3. The monoisotopic (exact) mass is 391 g/mol. The summed E-state index contributed by atoms with van der Waals surface area (Å²) in [4.78, 5) is 17.5. The van der Waals surface area contributed by atoms with E-state index in [1.807, 2.05) is 48.8 Å². The summed E-state index contributed by atoms with van der Waals surface area (Å²) in [7, 11) is 0. The van der Waals surface area contributed by atoms with Crippen LogP contribution in [0.4, 0.5) is 0 Å². The molecule has 1 atom stereocenters. The van der Waals surface area contributed by atoms with Gasteiger partial charge in [-0.3, -0.25) is 4.79 Å². The van der Waals surface area contributed by atoms with Gasteiger partial charge in [-0.1, -0.05) is 31.4 Å². The zero-order valence-corrected chi connectivity index (χ0v) is 16.3. The molecule has 1 unspecified atom stereocenters. The van der Waals surface area contributed by atoms with E-state index in [4.69, 9.17) is 9.47 Å². The van der Waals surface area contributed by atoms with E-state index in [0.717, 1.165) is 41.2 Å². The van der Waals surface area contributed by atoms with Crippen molar-refractivity contribution >= 4 is 11.6 Å². The van der Waals surface area contributed by atoms with Crippen molar-refractivity contribution in [2.24, 2.45) is 0 Å². The van der Waals surface area contributed by atoms with Crippen LogP contribution >= 0.6 is 0 Å². The van der Waals surface area contributed by atoms with Crippen LogP contribution in [0.2, 0.25) is 0 Å². The number of nitrogens with zero attached hydrogens (tertiary/aromatic N) is 2. The van der Waals surface area contributed by atoms with Gasteiger partial charge in [-0.05, 0) is 42.7 Å². The average molecular weight is 391 g/mol. The predicted molar refractivity (Wildman–Crippen MR) is 109 cm³/mol. The number of amides is 1. The van der Waals surface area contributed by atoms with E-state index in [-0.39, 0.29) is 18.6 Å². The SMILES string of the molecule is O=C(CC(c1ccc2c(c1)OCO2)c1cnc2ccccn12)NC1CCCCC1. The van der Waals surface area contributed by atoms with Crippen LogP contribution in [0, 0.1) is 0 Å². The topological polar surface area (TPSA) is 64.9 Å². The van der Waals surface area contributed by atoms with Crippen LogP contribution in [-0.2, 0) is 4.79 Å². The lowest BCUT2D eigenvalue weighted by Crippen LogP contribution is -2.37. The maximum absolute atomic E-state index is 13.0. The highest BCUT2D eigenvalue weighted by Crippen LogP contribution is 2.37. The Morgan fingerprint density at radius 2 is 2.00 bits per heavy atom. The molecule has 0 radical (unpaired) electrons. The Hall–Kier alpha value is -3.02. The maximum Gasteiger partial charge on any atom is 0.231 e. The van der Waals surface area contributed by atoms with Crippen molar-refractivity contribution in [1.29, 1.82) is 0 Å². The average Bonchev–Trinajstić information content (AvgIpc) is 3.39. The molecule has 0 saturated heterocycles. The van der Waals surface area contributed by atoms with Gasteiger partial charge in [0.2, 0.25) is 12.7 Å². The molecule has 5 rings (SSSR count). The second-order valence-electron chi connectivity index (χ2n) is 7.88. The van der Waals surface area contributed by atoms with Crippen molar-refractivity contribution in [3.05, 3.63) is 60.0 Å². The number of hydrogen-bond acceptors (Lipinski definition) is 4. The number of rotatable bonds is 5. The zero-order chi connectivity index (χ0) is 19.6. The summed E-state index contributed by atoms with van der Waals surface area (Å²) in [5, 5.41) is 3.26. The molecule has 29 heavy (non-hydrogen) atoms. The fourth-order valence-electron chi connectivity index (χ4n) is 4.45. The lowest BCUT2D eigenvalue weighted by Gasteiger charge is -2.24. The summed E-state index contributed by atoms with van der Waals surface area (Å²) in [6.07, 6.45) is 10.1. The normalized spacial score (nSPS) is 17.4. The highest BCUT2D eigenvalue weighted by atomic mass is 16.7. The van der Waals surface area contributed by atoms with Gasteiger partial charge in [0, 0.05) is 30.8 Å². The molecule has 150 valence electrons. The number of aromatic nitrogens is 2. The van der Waals surface area contributed by atoms with Gasteiger partial charge in [-0.25, -0.2) is 4.98 Å². The molecule has 6 nitrogen and oxygen atoms in total. The number of fused-ring (bicyclic) bond motifs is 2. The van der Waals surface area contributed by atoms with Crippen LogP contribution in [0.15, 0.2) is 48.8 Å². The molecule has 1 amide bonds. The molecule has 1 aliphatic carbocycles. The van der Waals surface area contributed by atoms with Crippen molar-refractivity contribution in [3.63, 3.8) is 0 Å². The Morgan fingerprint density at radius 3 is 2.90 bits per heavy atom. The highest BCUT2D eigenvalue weighted by Gasteiger charge is 2.26. The van der Waals surface area contributed by atoms with Crippen molar-refractivity contribution in [2.75, 3.05) is 6.79 Å². The Bertz CT molecular complexity index is 1020. The van der Waals surface area contributed by atoms with Gasteiger partial charge >= 0.3 is 0 Å². The number of nitrogens with one attached hydrogen (secondary N) is 1. The van der Waals surface area contributed by atoms with Crippen molar-refractivity contribution in [2.45, 2.75) is 50.5 Å². The first kappa shape index (κ1) is 18.0. The molecule has 1 aromatic carbocycles. The molecule has 2 aromatic heterocycles. The molecule has 1 aliphatic heterocycles. The first-order valence-electron chi connectivity index (χ1n) is 10.4. The number of ether oxygens (including phenoxy) is 2. The first-order valence-corrected chi connectivity index (χ1v) is 10.4. The van der Waals surface area contributed by atoms with E-state index < -0.39 is 0 Å². The minimum Gasteiger partial charge on any atom is -0.454 e. The maximum atomic E-state index is 13.0. The van der Waals surface area contributed by atoms with E-state index >= 15 is 0 Å². The van der Waals surface area contributed by atoms with Crippen LogP contribution in [-0.4, -0.2) is 28.1 Å². The molecule has 0 spiro atoms. The lowest BCUT2D eigenvalue weighted by molar-refractivity contribution is -0.122. The molecule has 1 fully saturated rings. The van der Waals surface area contributed by atoms with Gasteiger partial charge in [-0.15, -0.1) is 0 Å². The van der Waals surface area contributed by atoms with Crippen molar-refractivity contribution < 1.29 is 14.3 Å². The summed E-state index contributed by atoms with van der Waals surface area (Å²) in [6.45, 7) is 0.237. The highest BCUT2D eigenvalue weighted by molar-refractivity contribution is 5.78. The molecule has 1 N–H and O–H groups in total. The Balaban J connectivity index is 1.46. The molecule has 0 bridgehead atoms. The summed E-state index contributed by atoms with van der Waals surface area (Å²) >= 11 is 0. The van der Waals surface area contributed by atoms with Crippen molar-refractivity contribution in [1.82, 2.24) is 14.7 Å². The van der Waals surface area contributed by atoms with Crippen molar-refractivity contribution in [3.8, 4) is 11.5 Å². The van der Waals surface area contributed by atoms with Crippen LogP contribution < -0.4 is 14.8 Å². The molecule has 1 saturated carbocycles. The van der Waals surface area contributed by atoms with E-state index in [1.54, 1.807) is 0 Å². The fraction of sp³-hybridized carbons (Fsp3) is 0.391. The minimum atomic E-state index is -0.120. The Labute approximate surface area is 169 Å². The van der Waals surface area contributed by atoms with E-state index in [9.17, 15) is 4.79 Å². The number of carbonyl (C=O) groups is 1. The van der Waals surface area contributed by atoms with Gasteiger partial charge in [0.05, 0.1) is 5.69 Å².